The predicted octanol–water partition coefficient (Wildman–Crippen LogP) is 12.0. The molecule has 0 saturated heterocycles. The van der Waals surface area contributed by atoms with E-state index in [0.717, 1.165) is 116 Å². The quantitative estimate of drug-likeness (QED) is 0.0616. The summed E-state index contributed by atoms with van der Waals surface area (Å²) in [5.41, 5.74) is 0. The largest absolute Gasteiger partial charge is 0.353 e. The molecule has 0 radical (unpaired) electrons. The van der Waals surface area contributed by atoms with Crippen LogP contribution in [-0.2, 0) is 19.2 Å². The maximum absolute atomic E-state index is 15.0. The SMILES string of the molecule is CCCCCC1CCCCC1NC(=O)CC(C(=O)NC1CCCCC1CCCCC)C(CC(=O)NC1CCCCC1CCCCC)C(=O)NC1CCCCC1CCCCC. The van der Waals surface area contributed by atoms with E-state index in [4.69, 9.17) is 0 Å². The molecule has 0 aromatic carbocycles. The molecule has 10 atom stereocenters. The summed E-state index contributed by atoms with van der Waals surface area (Å²) >= 11 is 0. The molecule has 60 heavy (non-hydrogen) atoms. The number of carbonyl (C=O) groups is 4. The van der Waals surface area contributed by atoms with Crippen LogP contribution in [0.5, 0.6) is 0 Å². The Kier molecular flexibility index (Phi) is 24.7. The molecule has 346 valence electrons. The zero-order valence-electron chi connectivity index (χ0n) is 39.4. The van der Waals surface area contributed by atoms with Crippen LogP contribution in [0.4, 0.5) is 0 Å². The Bertz CT molecular complexity index is 1130. The van der Waals surface area contributed by atoms with Crippen LogP contribution in [0.2, 0.25) is 0 Å². The van der Waals surface area contributed by atoms with Crippen molar-refractivity contribution in [2.45, 2.75) is 270 Å². The molecule has 4 fully saturated rings. The summed E-state index contributed by atoms with van der Waals surface area (Å²) in [7, 11) is 0. The van der Waals surface area contributed by atoms with Gasteiger partial charge in [0, 0.05) is 37.0 Å². The third-order valence-electron chi connectivity index (χ3n) is 15.7. The Hall–Kier alpha value is -2.12. The van der Waals surface area contributed by atoms with Gasteiger partial charge in [-0.2, -0.15) is 0 Å². The molecule has 0 aromatic rings. The van der Waals surface area contributed by atoms with Crippen molar-refractivity contribution in [2.24, 2.45) is 35.5 Å². The minimum absolute atomic E-state index is 0.0416. The minimum Gasteiger partial charge on any atom is -0.353 e. The van der Waals surface area contributed by atoms with Gasteiger partial charge in [0.15, 0.2) is 0 Å². The predicted molar refractivity (Wildman–Crippen MR) is 248 cm³/mol. The van der Waals surface area contributed by atoms with Gasteiger partial charge < -0.3 is 21.3 Å². The summed E-state index contributed by atoms with van der Waals surface area (Å²) in [5, 5.41) is 13.9. The lowest BCUT2D eigenvalue weighted by atomic mass is 9.78. The number of unbranched alkanes of at least 4 members (excludes halogenated alkanes) is 8. The molecular weight excluding hydrogens is 745 g/mol. The van der Waals surface area contributed by atoms with Crippen molar-refractivity contribution in [3.05, 3.63) is 0 Å². The topological polar surface area (TPSA) is 116 Å². The van der Waals surface area contributed by atoms with E-state index in [1.807, 2.05) is 0 Å². The van der Waals surface area contributed by atoms with Crippen LogP contribution in [-0.4, -0.2) is 47.8 Å². The highest BCUT2D eigenvalue weighted by Gasteiger charge is 2.41. The molecule has 0 aliphatic heterocycles. The Balaban J connectivity index is 1.63. The van der Waals surface area contributed by atoms with Gasteiger partial charge in [-0.15, -0.1) is 0 Å². The van der Waals surface area contributed by atoms with Crippen LogP contribution in [0.1, 0.15) is 246 Å². The van der Waals surface area contributed by atoms with Crippen molar-refractivity contribution in [3.8, 4) is 0 Å². The Morgan fingerprint density at radius 1 is 0.367 bits per heavy atom. The molecule has 4 aliphatic carbocycles. The molecule has 10 unspecified atom stereocenters. The van der Waals surface area contributed by atoms with Gasteiger partial charge in [0.1, 0.15) is 0 Å². The molecule has 8 heteroatoms. The highest BCUT2D eigenvalue weighted by atomic mass is 16.2. The maximum atomic E-state index is 15.0. The van der Waals surface area contributed by atoms with Crippen molar-refractivity contribution in [2.75, 3.05) is 0 Å². The van der Waals surface area contributed by atoms with Crippen LogP contribution in [0.3, 0.4) is 0 Å². The molecule has 4 amide bonds. The first-order valence-corrected chi connectivity index (χ1v) is 26.5. The smallest absolute Gasteiger partial charge is 0.224 e. The number of hydrogen-bond acceptors (Lipinski definition) is 4. The monoisotopic (exact) mass is 839 g/mol. The van der Waals surface area contributed by atoms with Crippen LogP contribution in [0.15, 0.2) is 0 Å². The molecule has 4 N–H and O–H groups in total. The van der Waals surface area contributed by atoms with Gasteiger partial charge in [0.05, 0.1) is 11.8 Å². The first kappa shape index (κ1) is 50.5. The molecule has 4 aliphatic rings. The van der Waals surface area contributed by atoms with E-state index in [-0.39, 0.29) is 60.6 Å². The van der Waals surface area contributed by atoms with Crippen LogP contribution < -0.4 is 21.3 Å². The average Bonchev–Trinajstić information content (AvgIpc) is 3.24. The van der Waals surface area contributed by atoms with Gasteiger partial charge in [0.25, 0.3) is 0 Å². The van der Waals surface area contributed by atoms with E-state index >= 15 is 0 Å². The number of amides is 4. The van der Waals surface area contributed by atoms with E-state index in [9.17, 15) is 19.2 Å². The standard InChI is InChI=1S/C52H94N4O4/c1-5-9-13-25-39-29-17-21-33-45(39)53-49(57)37-43(51(59)55-47-35-23-19-31-41(47)27-15-11-7-3)44(52(60)56-48-36-24-20-32-42(48)28-16-12-8-4)38-50(58)54-46-34-22-18-30-40(46)26-14-10-6-2/h39-48H,5-38H2,1-4H3,(H,53,57)(H,54,58)(H,55,59)(H,56,60). The molecule has 0 aromatic heterocycles. The number of nitrogens with one attached hydrogen (secondary N) is 4. The van der Waals surface area contributed by atoms with Crippen molar-refractivity contribution in [1.82, 2.24) is 21.3 Å². The zero-order valence-corrected chi connectivity index (χ0v) is 39.4. The van der Waals surface area contributed by atoms with Gasteiger partial charge in [-0.05, 0) is 101 Å². The Morgan fingerprint density at radius 3 is 0.883 bits per heavy atom. The highest BCUT2D eigenvalue weighted by Crippen LogP contribution is 2.34. The molecule has 0 heterocycles. The normalized spacial score (nSPS) is 28.3. The fourth-order valence-electron chi connectivity index (χ4n) is 11.9. The fraction of sp³-hybridized carbons (Fsp3) is 0.923. The second kappa shape index (κ2) is 29.3. The van der Waals surface area contributed by atoms with Crippen molar-refractivity contribution in [1.29, 1.82) is 0 Å². The number of rotatable bonds is 27. The maximum Gasteiger partial charge on any atom is 0.224 e. The summed E-state index contributed by atoms with van der Waals surface area (Å²) in [6.45, 7) is 8.95. The summed E-state index contributed by atoms with van der Waals surface area (Å²) < 4.78 is 0. The third-order valence-corrected chi connectivity index (χ3v) is 15.7. The fourth-order valence-corrected chi connectivity index (χ4v) is 11.9. The average molecular weight is 839 g/mol. The first-order chi connectivity index (χ1) is 29.3. The van der Waals surface area contributed by atoms with Gasteiger partial charge >= 0.3 is 0 Å². The minimum atomic E-state index is -0.912. The van der Waals surface area contributed by atoms with Gasteiger partial charge in [-0.25, -0.2) is 0 Å². The van der Waals surface area contributed by atoms with Gasteiger partial charge in [-0.1, -0.05) is 156 Å². The summed E-state index contributed by atoms with van der Waals surface area (Å²) in [5.74, 6) is -0.776. The first-order valence-electron chi connectivity index (χ1n) is 26.5. The van der Waals surface area contributed by atoms with E-state index in [1.54, 1.807) is 0 Å². The number of carbonyl (C=O) groups excluding carboxylic acids is 4. The number of hydrogen-bond donors (Lipinski definition) is 4. The van der Waals surface area contributed by atoms with Crippen molar-refractivity contribution >= 4 is 23.6 Å². The summed E-state index contributed by atoms with van der Waals surface area (Å²) in [6, 6.07) is 0.288. The lowest BCUT2D eigenvalue weighted by Crippen LogP contribution is -2.53. The van der Waals surface area contributed by atoms with Crippen LogP contribution >= 0.6 is 0 Å². The molecule has 4 rings (SSSR count). The molecule has 8 nitrogen and oxygen atoms in total. The molecular formula is C52H94N4O4. The van der Waals surface area contributed by atoms with Gasteiger partial charge in [-0.3, -0.25) is 19.2 Å². The van der Waals surface area contributed by atoms with E-state index in [1.165, 1.54) is 89.9 Å². The van der Waals surface area contributed by atoms with Crippen molar-refractivity contribution in [3.63, 3.8) is 0 Å². The Labute approximate surface area is 368 Å². The second-order valence-corrected chi connectivity index (χ2v) is 20.4. The lowest BCUT2D eigenvalue weighted by molar-refractivity contribution is -0.141. The lowest BCUT2D eigenvalue weighted by Gasteiger charge is -2.37. The van der Waals surface area contributed by atoms with E-state index in [0.29, 0.717) is 23.7 Å². The Morgan fingerprint density at radius 2 is 0.617 bits per heavy atom. The third kappa shape index (κ3) is 17.6. The molecule has 4 saturated carbocycles. The van der Waals surface area contributed by atoms with Crippen molar-refractivity contribution < 1.29 is 19.2 Å². The summed E-state index contributed by atoms with van der Waals surface area (Å²) in [6.07, 6.45) is 35.9. The van der Waals surface area contributed by atoms with Crippen LogP contribution in [0.25, 0.3) is 0 Å². The van der Waals surface area contributed by atoms with E-state index in [2.05, 4.69) is 49.0 Å². The summed E-state index contributed by atoms with van der Waals surface area (Å²) in [4.78, 5) is 58.8. The van der Waals surface area contributed by atoms with Gasteiger partial charge in [0.2, 0.25) is 23.6 Å². The highest BCUT2D eigenvalue weighted by molar-refractivity contribution is 5.94. The molecule has 0 spiro atoms. The van der Waals surface area contributed by atoms with E-state index < -0.39 is 11.8 Å². The second-order valence-electron chi connectivity index (χ2n) is 20.4. The van der Waals surface area contributed by atoms with Crippen LogP contribution in [0, 0.1) is 35.5 Å². The zero-order chi connectivity index (χ0) is 43.0. The molecule has 0 bridgehead atoms.